The highest BCUT2D eigenvalue weighted by Crippen LogP contribution is 2.50. The molecular formula is C29H35F3N2O3. The van der Waals surface area contributed by atoms with E-state index in [0.717, 1.165) is 12.0 Å². The van der Waals surface area contributed by atoms with Gasteiger partial charge in [-0.15, -0.1) is 0 Å². The number of nitrogens with zero attached hydrogens (tertiary/aromatic N) is 1. The van der Waals surface area contributed by atoms with Gasteiger partial charge in [0.1, 0.15) is 18.2 Å². The molecule has 0 fully saturated rings. The Morgan fingerprint density at radius 2 is 1.97 bits per heavy atom. The largest absolute Gasteiger partial charge is 0.492 e. The molecule has 8 heteroatoms. The van der Waals surface area contributed by atoms with E-state index >= 15 is 4.39 Å². The Labute approximate surface area is 216 Å². The number of fused-ring (bicyclic) bond motifs is 2. The van der Waals surface area contributed by atoms with Crippen molar-refractivity contribution < 1.29 is 27.8 Å². The number of rotatable bonds is 11. The summed E-state index contributed by atoms with van der Waals surface area (Å²) in [5.74, 6) is -1.31. The van der Waals surface area contributed by atoms with Crippen LogP contribution in [0.15, 0.2) is 42.0 Å². The standard InChI is InChI=1S/C29H35F3N2O3/c1-17(29(35)36)16-34-18(2)14-22-21-7-5-4-6-20(21)15-23(22)28(34)27-19(3)25(9-8-24(27)30)37-13-12-33-11-10-26(31)32/h4-9,17-18,26,28,33H,10-16H2,1-3H3,(H,35,36)/t17-,18+,28-/m0/s1. The second-order valence-electron chi connectivity index (χ2n) is 10.1. The smallest absolute Gasteiger partial charge is 0.307 e. The average Bonchev–Trinajstić information content (AvgIpc) is 3.21. The number of alkyl halides is 2. The Bertz CT molecular complexity index is 1170. The van der Waals surface area contributed by atoms with Crippen LogP contribution in [0.25, 0.3) is 5.57 Å². The van der Waals surface area contributed by atoms with Crippen molar-refractivity contribution in [1.82, 2.24) is 10.2 Å². The van der Waals surface area contributed by atoms with Gasteiger partial charge in [-0.2, -0.15) is 0 Å². The highest BCUT2D eigenvalue weighted by atomic mass is 19.3. The van der Waals surface area contributed by atoms with Crippen LogP contribution in [0.4, 0.5) is 13.2 Å². The first kappa shape index (κ1) is 27.2. The predicted molar refractivity (Wildman–Crippen MR) is 138 cm³/mol. The Hall–Kier alpha value is -2.84. The fraction of sp³-hybridized carbons (Fsp3) is 0.483. The molecule has 3 atom stereocenters. The maximum absolute atomic E-state index is 15.7. The minimum atomic E-state index is -2.35. The summed E-state index contributed by atoms with van der Waals surface area (Å²) in [5, 5.41) is 12.6. The van der Waals surface area contributed by atoms with E-state index in [1.165, 1.54) is 22.8 Å². The molecule has 1 aliphatic carbocycles. The van der Waals surface area contributed by atoms with E-state index in [2.05, 4.69) is 29.3 Å². The van der Waals surface area contributed by atoms with E-state index in [-0.39, 0.29) is 31.4 Å². The lowest BCUT2D eigenvalue weighted by Crippen LogP contribution is -2.45. The summed E-state index contributed by atoms with van der Waals surface area (Å²) in [5.41, 5.74) is 5.92. The van der Waals surface area contributed by atoms with Crippen molar-refractivity contribution in [2.75, 3.05) is 26.2 Å². The van der Waals surface area contributed by atoms with Gasteiger partial charge in [-0.05, 0) is 66.7 Å². The molecule has 4 rings (SSSR count). The minimum absolute atomic E-state index is 0.0131. The molecule has 37 heavy (non-hydrogen) atoms. The van der Waals surface area contributed by atoms with Gasteiger partial charge in [-0.3, -0.25) is 9.69 Å². The van der Waals surface area contributed by atoms with Crippen molar-refractivity contribution in [1.29, 1.82) is 0 Å². The Balaban J connectivity index is 1.67. The summed E-state index contributed by atoms with van der Waals surface area (Å²) in [6.07, 6.45) is -1.10. The van der Waals surface area contributed by atoms with E-state index in [1.54, 1.807) is 13.0 Å². The molecule has 2 aromatic rings. The molecule has 0 unspecified atom stereocenters. The van der Waals surface area contributed by atoms with Gasteiger partial charge in [0.05, 0.1) is 12.0 Å². The monoisotopic (exact) mass is 516 g/mol. The molecular weight excluding hydrogens is 481 g/mol. The highest BCUT2D eigenvalue weighted by molar-refractivity contribution is 5.79. The third kappa shape index (κ3) is 5.85. The zero-order valence-electron chi connectivity index (χ0n) is 21.6. The van der Waals surface area contributed by atoms with Gasteiger partial charge < -0.3 is 15.2 Å². The lowest BCUT2D eigenvalue weighted by atomic mass is 9.83. The third-order valence-electron chi connectivity index (χ3n) is 7.51. The number of aliphatic carboxylic acids is 1. The van der Waals surface area contributed by atoms with Gasteiger partial charge >= 0.3 is 5.97 Å². The molecule has 200 valence electrons. The molecule has 0 radical (unpaired) electrons. The van der Waals surface area contributed by atoms with Crippen molar-refractivity contribution in [3.63, 3.8) is 0 Å². The van der Waals surface area contributed by atoms with Crippen LogP contribution in [0.3, 0.4) is 0 Å². The van der Waals surface area contributed by atoms with Crippen molar-refractivity contribution in [2.24, 2.45) is 5.92 Å². The average molecular weight is 517 g/mol. The van der Waals surface area contributed by atoms with Crippen molar-refractivity contribution in [2.45, 2.75) is 58.5 Å². The highest BCUT2D eigenvalue weighted by Gasteiger charge is 2.41. The van der Waals surface area contributed by atoms with Crippen LogP contribution in [0.1, 0.15) is 55.0 Å². The van der Waals surface area contributed by atoms with Gasteiger partial charge in [0.25, 0.3) is 0 Å². The van der Waals surface area contributed by atoms with Crippen LogP contribution < -0.4 is 10.1 Å². The predicted octanol–water partition coefficient (Wildman–Crippen LogP) is 5.62. The number of hydrogen-bond donors (Lipinski definition) is 2. The number of hydrogen-bond acceptors (Lipinski definition) is 4. The molecule has 5 nitrogen and oxygen atoms in total. The number of nitrogens with one attached hydrogen (secondary N) is 1. The van der Waals surface area contributed by atoms with Crippen LogP contribution in [-0.2, 0) is 11.2 Å². The van der Waals surface area contributed by atoms with E-state index in [4.69, 9.17) is 4.74 Å². The molecule has 0 aromatic heterocycles. The van der Waals surface area contributed by atoms with Gasteiger partial charge in [0, 0.05) is 37.7 Å². The fourth-order valence-electron chi connectivity index (χ4n) is 5.58. The molecule has 2 aliphatic rings. The number of carboxylic acid groups (broad SMARTS) is 1. The number of halogens is 3. The van der Waals surface area contributed by atoms with Gasteiger partial charge in [0.2, 0.25) is 6.43 Å². The molecule has 0 bridgehead atoms. The molecule has 0 saturated heterocycles. The van der Waals surface area contributed by atoms with Gasteiger partial charge in [0.15, 0.2) is 0 Å². The summed E-state index contributed by atoms with van der Waals surface area (Å²) >= 11 is 0. The van der Waals surface area contributed by atoms with Crippen LogP contribution in [0.2, 0.25) is 0 Å². The van der Waals surface area contributed by atoms with E-state index < -0.39 is 24.4 Å². The second-order valence-corrected chi connectivity index (χ2v) is 10.1. The Morgan fingerprint density at radius 1 is 1.22 bits per heavy atom. The molecule has 0 saturated carbocycles. The van der Waals surface area contributed by atoms with Crippen molar-refractivity contribution >= 4 is 11.5 Å². The lowest BCUT2D eigenvalue weighted by molar-refractivity contribution is -0.142. The van der Waals surface area contributed by atoms with Crippen molar-refractivity contribution in [3.8, 4) is 5.75 Å². The molecule has 0 spiro atoms. The zero-order valence-corrected chi connectivity index (χ0v) is 21.6. The first-order valence-corrected chi connectivity index (χ1v) is 12.9. The molecule has 0 amide bonds. The normalized spacial score (nSPS) is 20.2. The lowest BCUT2D eigenvalue weighted by Gasteiger charge is -2.43. The fourth-order valence-corrected chi connectivity index (χ4v) is 5.58. The number of ether oxygens (including phenoxy) is 1. The van der Waals surface area contributed by atoms with Crippen LogP contribution in [0, 0.1) is 18.7 Å². The third-order valence-corrected chi connectivity index (χ3v) is 7.51. The summed E-state index contributed by atoms with van der Waals surface area (Å²) in [6, 6.07) is 10.8. The molecule has 2 aromatic carbocycles. The summed E-state index contributed by atoms with van der Waals surface area (Å²) < 4.78 is 46.3. The topological polar surface area (TPSA) is 61.8 Å². The maximum atomic E-state index is 15.7. The Morgan fingerprint density at radius 3 is 2.70 bits per heavy atom. The second kappa shape index (κ2) is 11.7. The van der Waals surface area contributed by atoms with Crippen LogP contribution in [0.5, 0.6) is 5.75 Å². The quantitative estimate of drug-likeness (QED) is 0.380. The minimum Gasteiger partial charge on any atom is -0.492 e. The number of carbonyl (C=O) groups is 1. The number of carboxylic acids is 1. The van der Waals surface area contributed by atoms with Gasteiger partial charge in [-0.1, -0.05) is 31.2 Å². The maximum Gasteiger partial charge on any atom is 0.307 e. The number of benzene rings is 2. The zero-order chi connectivity index (χ0) is 26.7. The molecule has 1 heterocycles. The summed E-state index contributed by atoms with van der Waals surface area (Å²) in [6.45, 7) is 6.74. The SMILES string of the molecule is Cc1c(OCCNCCC(F)F)ccc(F)c1[C@@H]1C2=C(C[C@@H](C)N1C[C@H](C)C(=O)O)c1ccccc1C2. The van der Waals surface area contributed by atoms with Crippen molar-refractivity contribution in [3.05, 3.63) is 70.0 Å². The van der Waals surface area contributed by atoms with Crippen LogP contribution in [-0.4, -0.2) is 54.7 Å². The van der Waals surface area contributed by atoms with E-state index in [0.29, 0.717) is 36.4 Å². The van der Waals surface area contributed by atoms with Gasteiger partial charge in [-0.25, -0.2) is 13.2 Å². The van der Waals surface area contributed by atoms with Crippen LogP contribution >= 0.6 is 0 Å². The Kier molecular flexibility index (Phi) is 8.60. The van der Waals surface area contributed by atoms with E-state index in [9.17, 15) is 18.7 Å². The summed E-state index contributed by atoms with van der Waals surface area (Å²) in [7, 11) is 0. The first-order valence-electron chi connectivity index (χ1n) is 12.9. The molecule has 1 aliphatic heterocycles. The molecule has 2 N–H and O–H groups in total. The first-order chi connectivity index (χ1) is 17.7. The van der Waals surface area contributed by atoms with E-state index in [1.807, 2.05) is 19.1 Å². The summed E-state index contributed by atoms with van der Waals surface area (Å²) in [4.78, 5) is 13.9.